The van der Waals surface area contributed by atoms with Crippen molar-refractivity contribution in [2.45, 2.75) is 44.9 Å². The fraction of sp³-hybridized carbons (Fsp3) is 0.579. The van der Waals surface area contributed by atoms with Gasteiger partial charge in [0.05, 0.1) is 12.1 Å². The van der Waals surface area contributed by atoms with Crippen LogP contribution in [-0.4, -0.2) is 64.8 Å². The molecule has 0 aliphatic carbocycles. The summed E-state index contributed by atoms with van der Waals surface area (Å²) in [5, 5.41) is 6.07. The number of hydrogen-bond acceptors (Lipinski definition) is 7. The van der Waals surface area contributed by atoms with E-state index in [1.807, 2.05) is 16.8 Å². The van der Waals surface area contributed by atoms with Crippen LogP contribution in [0, 0.1) is 0 Å². The first-order chi connectivity index (χ1) is 13.5. The van der Waals surface area contributed by atoms with E-state index in [1.165, 1.54) is 0 Å². The first kappa shape index (κ1) is 20.1. The Morgan fingerprint density at radius 3 is 2.86 bits per heavy atom. The van der Waals surface area contributed by atoms with Crippen molar-refractivity contribution < 1.29 is 9.53 Å². The molecule has 1 aliphatic rings. The van der Waals surface area contributed by atoms with E-state index in [2.05, 4.69) is 44.3 Å². The molecule has 0 spiro atoms. The van der Waals surface area contributed by atoms with Gasteiger partial charge in [-0.3, -0.25) is 4.79 Å². The Morgan fingerprint density at radius 1 is 1.32 bits per heavy atom. The lowest BCUT2D eigenvalue weighted by Crippen LogP contribution is -2.43. The number of hydrogen-bond donors (Lipinski definition) is 2. The van der Waals surface area contributed by atoms with E-state index in [0.717, 1.165) is 11.6 Å². The molecule has 2 aromatic heterocycles. The average molecular weight is 387 g/mol. The van der Waals surface area contributed by atoms with E-state index >= 15 is 0 Å². The summed E-state index contributed by atoms with van der Waals surface area (Å²) < 4.78 is 7.64. The van der Waals surface area contributed by atoms with E-state index in [1.54, 1.807) is 26.6 Å². The number of carbonyl (C=O) groups is 1. The normalized spacial score (nSPS) is 19.2. The largest absolute Gasteiger partial charge is 0.377 e. The van der Waals surface area contributed by atoms with Crippen LogP contribution >= 0.6 is 0 Å². The zero-order chi connectivity index (χ0) is 20.1. The zero-order valence-corrected chi connectivity index (χ0v) is 16.9. The first-order valence-corrected chi connectivity index (χ1v) is 9.60. The van der Waals surface area contributed by atoms with Crippen LogP contribution in [0.3, 0.4) is 0 Å². The van der Waals surface area contributed by atoms with Gasteiger partial charge in [0.25, 0.3) is 0 Å². The summed E-state index contributed by atoms with van der Waals surface area (Å²) in [7, 11) is 3.46. The van der Waals surface area contributed by atoms with Crippen molar-refractivity contribution in [1.82, 2.24) is 24.8 Å². The fourth-order valence-corrected chi connectivity index (χ4v) is 3.50. The molecule has 0 radical (unpaired) electrons. The number of imidazole rings is 1. The average Bonchev–Trinajstić information content (AvgIpc) is 3.33. The lowest BCUT2D eigenvalue weighted by molar-refractivity contribution is -0.122. The number of amides is 1. The monoisotopic (exact) mass is 387 g/mol. The van der Waals surface area contributed by atoms with E-state index in [4.69, 9.17) is 4.74 Å². The van der Waals surface area contributed by atoms with Crippen LogP contribution in [0.25, 0.3) is 0 Å². The van der Waals surface area contributed by atoms with Crippen molar-refractivity contribution >= 4 is 17.7 Å². The Morgan fingerprint density at radius 2 is 2.14 bits per heavy atom. The molecule has 2 N–H and O–H groups in total. The number of carbonyl (C=O) groups excluding carboxylic acids is 1. The van der Waals surface area contributed by atoms with Gasteiger partial charge < -0.3 is 24.8 Å². The summed E-state index contributed by atoms with van der Waals surface area (Å²) in [5.41, 5.74) is 0. The Labute approximate surface area is 165 Å². The van der Waals surface area contributed by atoms with Gasteiger partial charge in [-0.1, -0.05) is 13.8 Å². The van der Waals surface area contributed by atoms with Gasteiger partial charge in [-0.15, -0.1) is 0 Å². The van der Waals surface area contributed by atoms with E-state index in [0.29, 0.717) is 37.9 Å². The Hall–Kier alpha value is -2.68. The van der Waals surface area contributed by atoms with E-state index < -0.39 is 0 Å². The van der Waals surface area contributed by atoms with Gasteiger partial charge in [-0.25, -0.2) is 9.97 Å². The second kappa shape index (κ2) is 9.01. The Bertz CT molecular complexity index is 792. The smallest absolute Gasteiger partial charge is 0.224 e. The minimum atomic E-state index is -0.0866. The highest BCUT2D eigenvalue weighted by Gasteiger charge is 2.34. The molecule has 3 heterocycles. The fourth-order valence-electron chi connectivity index (χ4n) is 3.50. The number of aryl methyl sites for hydroxylation is 1. The van der Waals surface area contributed by atoms with Crippen molar-refractivity contribution in [3.05, 3.63) is 30.5 Å². The maximum atomic E-state index is 12.5. The number of aromatic nitrogens is 4. The molecular weight excluding hydrogens is 358 g/mol. The molecule has 28 heavy (non-hydrogen) atoms. The van der Waals surface area contributed by atoms with Gasteiger partial charge in [-0.2, -0.15) is 4.98 Å². The third-order valence-electron chi connectivity index (χ3n) is 4.95. The van der Waals surface area contributed by atoms with Crippen molar-refractivity contribution in [3.63, 3.8) is 0 Å². The van der Waals surface area contributed by atoms with Gasteiger partial charge in [-0.05, 0) is 6.07 Å². The lowest BCUT2D eigenvalue weighted by Gasteiger charge is -2.19. The Kier molecular flexibility index (Phi) is 6.45. The second-order valence-corrected chi connectivity index (χ2v) is 7.23. The van der Waals surface area contributed by atoms with Gasteiger partial charge in [0.1, 0.15) is 11.6 Å². The molecule has 3 rings (SSSR count). The molecule has 1 amide bonds. The first-order valence-electron chi connectivity index (χ1n) is 9.60. The van der Waals surface area contributed by atoms with E-state index in [9.17, 15) is 4.79 Å². The molecule has 2 aromatic rings. The summed E-state index contributed by atoms with van der Waals surface area (Å²) >= 11 is 0. The van der Waals surface area contributed by atoms with Crippen LogP contribution in [0.5, 0.6) is 0 Å². The number of ether oxygens (including phenoxy) is 1. The minimum absolute atomic E-state index is 0.0101. The topological polar surface area (TPSA) is 97.2 Å². The van der Waals surface area contributed by atoms with Crippen molar-refractivity contribution in [3.8, 4) is 0 Å². The molecule has 0 bridgehead atoms. The Balaban J connectivity index is 1.58. The summed E-state index contributed by atoms with van der Waals surface area (Å²) in [6.07, 6.45) is 5.74. The standard InChI is InChI=1S/C19H29N7O2/c1-13(2)18-21-8-10-25(18)9-6-17(27)23-14-11-26(12-15(14)28-4)16-5-7-22-19(20-3)24-16/h5,7-8,10,13-15H,6,9,11-12H2,1-4H3,(H,23,27)(H,20,22,24)/t14-,15+/m1/s1. The zero-order valence-electron chi connectivity index (χ0n) is 16.9. The second-order valence-electron chi connectivity index (χ2n) is 7.23. The highest BCUT2D eigenvalue weighted by molar-refractivity contribution is 5.76. The molecule has 0 aromatic carbocycles. The molecular formula is C19H29N7O2. The van der Waals surface area contributed by atoms with Crippen molar-refractivity contribution in [2.75, 3.05) is 37.5 Å². The quantitative estimate of drug-likeness (QED) is 0.703. The third kappa shape index (κ3) is 4.59. The third-order valence-corrected chi connectivity index (χ3v) is 4.95. The van der Waals surface area contributed by atoms with Crippen LogP contribution in [0.15, 0.2) is 24.7 Å². The molecule has 0 unspecified atom stereocenters. The summed E-state index contributed by atoms with van der Waals surface area (Å²) in [5.74, 6) is 2.72. The minimum Gasteiger partial charge on any atom is -0.377 e. The molecule has 0 saturated carbocycles. The number of anilines is 2. The number of nitrogens with zero attached hydrogens (tertiary/aromatic N) is 5. The van der Waals surface area contributed by atoms with Crippen LogP contribution < -0.4 is 15.5 Å². The summed E-state index contributed by atoms with van der Waals surface area (Å²) in [4.78, 5) is 27.6. The summed E-state index contributed by atoms with van der Waals surface area (Å²) in [6.45, 7) is 6.13. The van der Waals surface area contributed by atoms with Crippen LogP contribution in [-0.2, 0) is 16.1 Å². The molecule has 1 saturated heterocycles. The van der Waals surface area contributed by atoms with Crippen LogP contribution in [0.2, 0.25) is 0 Å². The SMILES string of the molecule is CNc1nccc(N2C[C@H](OC)[C@H](NC(=O)CCn3ccnc3C(C)C)C2)n1. The molecule has 2 atom stereocenters. The van der Waals surface area contributed by atoms with Crippen molar-refractivity contribution in [1.29, 1.82) is 0 Å². The predicted molar refractivity (Wildman–Crippen MR) is 107 cm³/mol. The van der Waals surface area contributed by atoms with Gasteiger partial charge in [0.2, 0.25) is 11.9 Å². The number of methoxy groups -OCH3 is 1. The van der Waals surface area contributed by atoms with Gasteiger partial charge in [0.15, 0.2) is 0 Å². The number of rotatable bonds is 8. The van der Waals surface area contributed by atoms with Crippen LogP contribution in [0.1, 0.15) is 32.0 Å². The molecule has 9 heteroatoms. The maximum absolute atomic E-state index is 12.5. The lowest BCUT2D eigenvalue weighted by atomic mass is 10.2. The van der Waals surface area contributed by atoms with Crippen LogP contribution in [0.4, 0.5) is 11.8 Å². The summed E-state index contributed by atoms with van der Waals surface area (Å²) in [6, 6.07) is 1.78. The molecule has 1 fully saturated rings. The highest BCUT2D eigenvalue weighted by Crippen LogP contribution is 2.21. The number of nitrogens with one attached hydrogen (secondary N) is 2. The van der Waals surface area contributed by atoms with Gasteiger partial charge >= 0.3 is 0 Å². The van der Waals surface area contributed by atoms with Gasteiger partial charge in [0, 0.05) is 64.7 Å². The highest BCUT2D eigenvalue weighted by atomic mass is 16.5. The predicted octanol–water partition coefficient (Wildman–Crippen LogP) is 1.25. The maximum Gasteiger partial charge on any atom is 0.224 e. The molecule has 152 valence electrons. The van der Waals surface area contributed by atoms with Crippen molar-refractivity contribution in [2.24, 2.45) is 0 Å². The van der Waals surface area contributed by atoms with E-state index in [-0.39, 0.29) is 18.1 Å². The molecule has 9 nitrogen and oxygen atoms in total. The molecule has 1 aliphatic heterocycles.